The second-order valence-electron chi connectivity index (χ2n) is 12.6. The van der Waals surface area contributed by atoms with Crippen LogP contribution in [-0.2, 0) is 34.0 Å². The van der Waals surface area contributed by atoms with E-state index in [1.807, 2.05) is 13.8 Å². The van der Waals surface area contributed by atoms with Gasteiger partial charge in [-0.05, 0) is 82.5 Å². The number of fused-ring (bicyclic) bond motifs is 1. The predicted octanol–water partition coefficient (Wildman–Crippen LogP) is 2.46. The predicted molar refractivity (Wildman–Crippen MR) is 120 cm³/mol. The fourth-order valence-electron chi connectivity index (χ4n) is 9.30. The Bertz CT molecular complexity index is 1110. The van der Waals surface area contributed by atoms with Crippen molar-refractivity contribution < 1.29 is 45.6 Å². The van der Waals surface area contributed by atoms with Crippen LogP contribution in [0.1, 0.15) is 58.8 Å². The van der Waals surface area contributed by atoms with Crippen LogP contribution in [0.25, 0.3) is 0 Å². The number of nitrogens with zero attached hydrogens (tertiary/aromatic N) is 1. The molecular weight excluding hydrogens is 779 g/mol. The summed E-state index contributed by atoms with van der Waals surface area (Å²) < 4.78 is 70.4. The van der Waals surface area contributed by atoms with E-state index in [-0.39, 0.29) is 23.8 Å². The first-order valence-corrected chi connectivity index (χ1v) is 14.5. The summed E-state index contributed by atoms with van der Waals surface area (Å²) in [6.07, 6.45) is 5.42. The van der Waals surface area contributed by atoms with E-state index in [1.165, 1.54) is 0 Å². The van der Waals surface area contributed by atoms with Gasteiger partial charge in [-0.1, -0.05) is 6.61 Å². The Labute approximate surface area is 214 Å². The number of halogens is 2. The number of ether oxygens (including phenoxy) is 2. The molecule has 6 bridgehead atoms. The van der Waals surface area contributed by atoms with Crippen LogP contribution in [0.3, 0.4) is 0 Å². The molecule has 1 heterocycles. The van der Waals surface area contributed by atoms with Crippen LogP contribution in [-0.4, -0.2) is 59.2 Å². The van der Waals surface area contributed by atoms with Gasteiger partial charge in [-0.2, -0.15) is 0 Å². The number of esters is 2. The molecule has 6 unspecified atom stereocenters. The molecule has 0 N–H and O–H groups in total. The van der Waals surface area contributed by atoms with Crippen LogP contribution in [0.5, 0.6) is 0 Å². The van der Waals surface area contributed by atoms with Crippen molar-refractivity contribution in [1.29, 1.82) is 0 Å². The smallest absolute Gasteiger partial charge is 0.312 e. The minimum absolute atomic E-state index is 0. The summed E-state index contributed by atoms with van der Waals surface area (Å²) in [4.78, 5) is 41.7. The summed E-state index contributed by atoms with van der Waals surface area (Å²) in [6.45, 7) is 3.08. The summed E-state index contributed by atoms with van der Waals surface area (Å²) >= 11 is 0. The van der Waals surface area contributed by atoms with E-state index >= 15 is 0 Å². The summed E-state index contributed by atoms with van der Waals surface area (Å²) in [5.41, 5.74) is -0.546. The zero-order valence-corrected chi connectivity index (χ0v) is 28.6. The fraction of sp³-hybridized carbons (Fsp3) is 0.840. The molecule has 6 aliphatic carbocycles. The zero-order chi connectivity index (χ0) is 26.7. The van der Waals surface area contributed by atoms with E-state index in [9.17, 15) is 36.1 Å². The molecule has 1 saturated heterocycles. The molecule has 13 heteroatoms. The maximum absolute atomic E-state index is 13.8. The van der Waals surface area contributed by atoms with Crippen molar-refractivity contribution >= 4 is 28.0 Å². The molecule has 6 atom stereocenters. The maximum Gasteiger partial charge on any atom is 0.312 e. The van der Waals surface area contributed by atoms with E-state index in [0.29, 0.717) is 24.2 Å². The summed E-state index contributed by atoms with van der Waals surface area (Å²) in [5, 5.41) is -4.91. The average Bonchev–Trinajstić information content (AvgIpc) is 3.38. The maximum atomic E-state index is 13.8. The third-order valence-corrected chi connectivity index (χ3v) is 10.9. The molecule has 9 nitrogen and oxygen atoms in total. The van der Waals surface area contributed by atoms with Gasteiger partial charge in [0, 0.05) is 12.0 Å². The number of rotatable bonds is 7. The van der Waals surface area contributed by atoms with Gasteiger partial charge in [-0.25, -0.2) is 17.2 Å². The van der Waals surface area contributed by atoms with Gasteiger partial charge in [0.1, 0.15) is 16.2 Å². The Kier molecular flexibility index (Phi) is 5.87. The first-order chi connectivity index (χ1) is 17.2. The third kappa shape index (κ3) is 3.64. The number of carbonyl (C=O) groups is 3. The molecular formula is C25H31F2NO8RfS-2. The number of hydrogen-bond donors (Lipinski definition) is 0. The minimum atomic E-state index is -6.08. The van der Waals surface area contributed by atoms with E-state index in [0.717, 1.165) is 38.5 Å². The quantitative estimate of drug-likeness (QED) is 0.218. The molecule has 7 fully saturated rings. The Morgan fingerprint density at radius 3 is 2.13 bits per heavy atom. The summed E-state index contributed by atoms with van der Waals surface area (Å²) in [5.74, 6) is -3.22. The van der Waals surface area contributed by atoms with Gasteiger partial charge >= 0.3 is 5.97 Å². The standard InChI is InChI=1S/C25H32F2NO8S.Rf/c1-11(2)28-19-15-6-16(18(17(15)21(28)29)22(30)35-10-25(26,27)37(32,33)34)20(19)36-23(31)24-7-12-3-13(8-24)5-14(4-12)9-24;/h10-20H,3-9H2,1-2H3,(H,32,33,34);/q-1;/p-1. The SMILES string of the molecule is CC(C)N1C(=O)C2C3CC(C(OC(=O)C45CC6CC(CC(C6)C4)C5)C31)C2C(=O)O[CH-]C(F)(F)S(=O)(=O)[O-].[Rf]. The van der Waals surface area contributed by atoms with Crippen molar-refractivity contribution in [1.82, 2.24) is 4.90 Å². The van der Waals surface area contributed by atoms with E-state index < -0.39 is 63.3 Å². The Morgan fingerprint density at radius 1 is 1.08 bits per heavy atom. The van der Waals surface area contributed by atoms with Gasteiger partial charge in [0.05, 0.1) is 23.3 Å². The van der Waals surface area contributed by atoms with Gasteiger partial charge < -0.3 is 18.9 Å². The monoisotopic (exact) mass is 810 g/mol. The van der Waals surface area contributed by atoms with Gasteiger partial charge in [0.25, 0.3) is 11.2 Å². The van der Waals surface area contributed by atoms with Gasteiger partial charge in [-0.15, -0.1) is 0 Å². The first-order valence-electron chi connectivity index (χ1n) is 13.1. The van der Waals surface area contributed by atoms with Crippen molar-refractivity contribution in [3.05, 3.63) is 6.61 Å². The normalized spacial score (nSPS) is 42.5. The number of amides is 1. The molecule has 0 radical (unpaired) electrons. The number of alkyl halides is 2. The molecule has 1 aliphatic heterocycles. The number of likely N-dealkylation sites (tertiary alicyclic amines) is 1. The fourth-order valence-corrected chi connectivity index (χ4v) is 9.46. The molecule has 0 aromatic carbocycles. The van der Waals surface area contributed by atoms with Gasteiger partial charge in [0.2, 0.25) is 5.91 Å². The Hall–Kier alpha value is -2.82. The minimum Gasteiger partial charge on any atom is -0.746 e. The van der Waals surface area contributed by atoms with Crippen molar-refractivity contribution in [2.24, 2.45) is 46.8 Å². The van der Waals surface area contributed by atoms with Crippen LogP contribution in [0, 0.1) is 53.4 Å². The molecule has 6 saturated carbocycles. The van der Waals surface area contributed by atoms with Crippen LogP contribution in [0.15, 0.2) is 0 Å². The van der Waals surface area contributed by atoms with Crippen molar-refractivity contribution in [2.45, 2.75) is 82.2 Å². The molecule has 0 aromatic rings. The molecule has 1 amide bonds. The zero-order valence-electron chi connectivity index (χ0n) is 21.4. The average molecular weight is 811 g/mol. The molecule has 38 heavy (non-hydrogen) atoms. The van der Waals surface area contributed by atoms with Crippen LogP contribution in [0.4, 0.5) is 8.78 Å². The number of carbonyl (C=O) groups excluding carboxylic acids is 3. The van der Waals surface area contributed by atoms with Crippen LogP contribution < -0.4 is 0 Å². The molecule has 7 rings (SSSR count). The van der Waals surface area contributed by atoms with Gasteiger partial charge in [0.15, 0.2) is 0 Å². The van der Waals surface area contributed by atoms with E-state index in [2.05, 4.69) is 4.74 Å². The molecule has 0 aromatic heterocycles. The number of hydrogen-bond acceptors (Lipinski definition) is 8. The first kappa shape index (κ1) is 26.8. The van der Waals surface area contributed by atoms with Crippen molar-refractivity contribution in [3.8, 4) is 0 Å². The summed E-state index contributed by atoms with van der Waals surface area (Å²) in [6, 6.07) is -0.641. The molecule has 0 spiro atoms. The third-order valence-electron chi connectivity index (χ3n) is 10.1. The Balaban J connectivity index is 0.00000294. The van der Waals surface area contributed by atoms with Crippen molar-refractivity contribution in [3.63, 3.8) is 0 Å². The van der Waals surface area contributed by atoms with E-state index in [4.69, 9.17) is 4.74 Å². The second-order valence-corrected chi connectivity index (χ2v) is 14.0. The summed E-state index contributed by atoms with van der Waals surface area (Å²) in [7, 11) is -6.08. The van der Waals surface area contributed by atoms with Gasteiger partial charge in [-0.3, -0.25) is 14.4 Å². The van der Waals surface area contributed by atoms with Crippen LogP contribution in [0.2, 0.25) is 0 Å². The molecule has 208 valence electrons. The van der Waals surface area contributed by atoms with Crippen LogP contribution >= 0.6 is 0 Å². The van der Waals surface area contributed by atoms with Crippen molar-refractivity contribution in [2.75, 3.05) is 0 Å². The Morgan fingerprint density at radius 2 is 1.63 bits per heavy atom. The topological polar surface area (TPSA) is 130 Å². The second kappa shape index (κ2) is 8.34. The largest absolute Gasteiger partial charge is 0.746 e. The van der Waals surface area contributed by atoms with E-state index in [1.54, 1.807) is 4.90 Å². The molecule has 7 aliphatic rings.